The van der Waals surface area contributed by atoms with E-state index < -0.39 is 23.6 Å². The van der Waals surface area contributed by atoms with E-state index in [2.05, 4.69) is 23.8 Å². The molecule has 0 saturated heterocycles. The van der Waals surface area contributed by atoms with Crippen LogP contribution in [0.25, 0.3) is 11.3 Å². The maximum absolute atomic E-state index is 13.5. The number of benzene rings is 1. The Hall–Kier alpha value is -3.68. The molecule has 39 heavy (non-hydrogen) atoms. The number of hydrogen-bond acceptors (Lipinski definition) is 3. The van der Waals surface area contributed by atoms with Crippen molar-refractivity contribution in [1.82, 2.24) is 10.3 Å². The fourth-order valence-corrected chi connectivity index (χ4v) is 3.60. The van der Waals surface area contributed by atoms with Crippen LogP contribution in [0.5, 0.6) is 5.75 Å². The molecular formula is C31H37F4N3O. The van der Waals surface area contributed by atoms with Gasteiger partial charge in [0.25, 0.3) is 0 Å². The minimum absolute atomic E-state index is 0.331. The van der Waals surface area contributed by atoms with Crippen LogP contribution in [0.3, 0.4) is 0 Å². The molecule has 2 rings (SSSR count). The molecule has 4 nitrogen and oxygen atoms in total. The van der Waals surface area contributed by atoms with E-state index in [1.54, 1.807) is 26.3 Å². The van der Waals surface area contributed by atoms with Crippen molar-refractivity contribution < 1.29 is 22.3 Å². The van der Waals surface area contributed by atoms with E-state index in [4.69, 9.17) is 9.73 Å². The molecule has 0 amide bonds. The van der Waals surface area contributed by atoms with Crippen molar-refractivity contribution in [1.29, 1.82) is 0 Å². The Labute approximate surface area is 228 Å². The second-order valence-electron chi connectivity index (χ2n) is 9.06. The van der Waals surface area contributed by atoms with E-state index in [0.717, 1.165) is 30.7 Å². The first-order valence-corrected chi connectivity index (χ1v) is 13.0. The molecule has 8 heteroatoms. The van der Waals surface area contributed by atoms with E-state index in [0.29, 0.717) is 46.8 Å². The smallest absolute Gasteiger partial charge is 0.416 e. The predicted octanol–water partition coefficient (Wildman–Crippen LogP) is 8.64. The number of alkyl halides is 3. The lowest BCUT2D eigenvalue weighted by atomic mass is 10.00. The number of pyridine rings is 1. The number of nitrogens with zero attached hydrogens (tertiary/aromatic N) is 2. The Morgan fingerprint density at radius 2 is 1.87 bits per heavy atom. The van der Waals surface area contributed by atoms with Crippen molar-refractivity contribution >= 4 is 5.84 Å². The van der Waals surface area contributed by atoms with Gasteiger partial charge in [0.15, 0.2) is 0 Å². The first-order chi connectivity index (χ1) is 18.5. The minimum Gasteiger partial charge on any atom is -0.496 e. The number of nitrogens with one attached hydrogen (secondary N) is 1. The van der Waals surface area contributed by atoms with Crippen LogP contribution in [-0.2, 0) is 0 Å². The van der Waals surface area contributed by atoms with Gasteiger partial charge in [0.05, 0.1) is 30.6 Å². The standard InChI is InChI=1S/C31H37F4N3O/c1-7-9-11-17-36-30(38-23(5)21(3)13-14-25(12-10-8-2)31(33,34)35)27-18-24(19-29(39-6)22(27)4)28-16-15-26(32)20-37-28/h11-20,23H,3,7-10H2,1-2,4-6H3,(H,36,38)/b14-13-,17-11+,25-12-. The lowest BCUT2D eigenvalue weighted by molar-refractivity contribution is -0.0884. The van der Waals surface area contributed by atoms with Crippen molar-refractivity contribution in [2.45, 2.75) is 65.6 Å². The first-order valence-electron chi connectivity index (χ1n) is 13.0. The normalized spacial score (nSPS) is 13.8. The second kappa shape index (κ2) is 15.0. The summed E-state index contributed by atoms with van der Waals surface area (Å²) in [6, 6.07) is 6.06. The Morgan fingerprint density at radius 3 is 2.46 bits per heavy atom. The quantitative estimate of drug-likeness (QED) is 0.126. The highest BCUT2D eigenvalue weighted by Crippen LogP contribution is 2.30. The predicted molar refractivity (Wildman–Crippen MR) is 151 cm³/mol. The lowest BCUT2D eigenvalue weighted by Crippen LogP contribution is -2.23. The summed E-state index contributed by atoms with van der Waals surface area (Å²) in [5.41, 5.74) is 2.47. The van der Waals surface area contributed by atoms with Crippen LogP contribution < -0.4 is 10.1 Å². The maximum atomic E-state index is 13.5. The van der Waals surface area contributed by atoms with Gasteiger partial charge in [-0.25, -0.2) is 4.39 Å². The van der Waals surface area contributed by atoms with Crippen LogP contribution in [0.2, 0.25) is 0 Å². The van der Waals surface area contributed by atoms with Crippen LogP contribution in [-0.4, -0.2) is 30.1 Å². The first kappa shape index (κ1) is 31.5. The maximum Gasteiger partial charge on any atom is 0.416 e. The average Bonchev–Trinajstić information content (AvgIpc) is 2.90. The van der Waals surface area contributed by atoms with Crippen LogP contribution in [0.15, 0.2) is 83.7 Å². The van der Waals surface area contributed by atoms with E-state index in [9.17, 15) is 17.6 Å². The number of aliphatic imine (C=N–C) groups is 1. The number of aromatic nitrogens is 1. The molecule has 1 aromatic heterocycles. The van der Waals surface area contributed by atoms with Gasteiger partial charge in [-0.05, 0) is 62.7 Å². The number of rotatable bonds is 12. The third-order valence-corrected chi connectivity index (χ3v) is 5.97. The summed E-state index contributed by atoms with van der Waals surface area (Å²) in [7, 11) is 1.55. The molecule has 1 atom stereocenters. The molecular weight excluding hydrogens is 506 g/mol. The molecule has 0 aliphatic rings. The fourth-order valence-electron chi connectivity index (χ4n) is 3.60. The Kier molecular flexibility index (Phi) is 12.2. The van der Waals surface area contributed by atoms with Crippen LogP contribution >= 0.6 is 0 Å². The highest BCUT2D eigenvalue weighted by molar-refractivity contribution is 6.02. The van der Waals surface area contributed by atoms with Crippen molar-refractivity contribution in [2.24, 2.45) is 4.99 Å². The summed E-state index contributed by atoms with van der Waals surface area (Å²) in [5.74, 6) is 0.631. The van der Waals surface area contributed by atoms with Gasteiger partial charge in [-0.15, -0.1) is 0 Å². The van der Waals surface area contributed by atoms with Gasteiger partial charge in [-0.3, -0.25) is 9.98 Å². The number of unbranched alkanes of at least 4 members (excludes halogenated alkanes) is 2. The summed E-state index contributed by atoms with van der Waals surface area (Å²) < 4.78 is 59.3. The molecule has 0 bridgehead atoms. The highest BCUT2D eigenvalue weighted by atomic mass is 19.4. The number of ether oxygens (including phenoxy) is 1. The largest absolute Gasteiger partial charge is 0.496 e. The summed E-state index contributed by atoms with van der Waals surface area (Å²) in [6.07, 6.45) is 6.83. The minimum atomic E-state index is -4.45. The molecule has 0 aliphatic heterocycles. The monoisotopic (exact) mass is 543 g/mol. The van der Waals surface area contributed by atoms with E-state index in [1.165, 1.54) is 18.2 Å². The zero-order chi connectivity index (χ0) is 29.0. The molecule has 0 spiro atoms. The van der Waals surface area contributed by atoms with Crippen LogP contribution in [0.4, 0.5) is 17.6 Å². The van der Waals surface area contributed by atoms with E-state index in [-0.39, 0.29) is 0 Å². The average molecular weight is 544 g/mol. The Balaban J connectivity index is 2.54. The van der Waals surface area contributed by atoms with Crippen molar-refractivity contribution in [3.63, 3.8) is 0 Å². The molecule has 2 aromatic rings. The van der Waals surface area contributed by atoms with Gasteiger partial charge in [-0.2, -0.15) is 13.2 Å². The summed E-state index contributed by atoms with van der Waals surface area (Å²) in [6.45, 7) is 11.5. The third kappa shape index (κ3) is 9.53. The van der Waals surface area contributed by atoms with Crippen LogP contribution in [0, 0.1) is 12.7 Å². The number of halogens is 4. The van der Waals surface area contributed by atoms with Gasteiger partial charge in [0.1, 0.15) is 17.4 Å². The van der Waals surface area contributed by atoms with Crippen molar-refractivity contribution in [3.8, 4) is 17.0 Å². The molecule has 0 aliphatic carbocycles. The molecule has 0 fully saturated rings. The number of allylic oxidation sites excluding steroid dienone is 4. The molecule has 0 radical (unpaired) electrons. The summed E-state index contributed by atoms with van der Waals surface area (Å²) in [4.78, 5) is 8.98. The summed E-state index contributed by atoms with van der Waals surface area (Å²) >= 11 is 0. The zero-order valence-corrected chi connectivity index (χ0v) is 23.2. The molecule has 0 saturated carbocycles. The zero-order valence-electron chi connectivity index (χ0n) is 23.2. The second-order valence-corrected chi connectivity index (χ2v) is 9.06. The van der Waals surface area contributed by atoms with Crippen LogP contribution in [0.1, 0.15) is 57.6 Å². The third-order valence-electron chi connectivity index (χ3n) is 5.97. The van der Waals surface area contributed by atoms with E-state index >= 15 is 0 Å². The fraction of sp³-hybridized carbons (Fsp3) is 0.355. The molecule has 1 unspecified atom stereocenters. The number of hydrogen-bond donors (Lipinski definition) is 1. The SMILES string of the molecule is C=C(/C=C\C(=C\CCC)C(F)(F)F)C(C)N=C(N/C=C/CCC)c1cc(-c2ccc(F)cn2)cc(OC)c1C. The number of amidine groups is 1. The van der Waals surface area contributed by atoms with Gasteiger partial charge in [0, 0.05) is 16.7 Å². The summed E-state index contributed by atoms with van der Waals surface area (Å²) in [5, 5.41) is 3.23. The van der Waals surface area contributed by atoms with Gasteiger partial charge < -0.3 is 10.1 Å². The van der Waals surface area contributed by atoms with Gasteiger partial charge in [0.2, 0.25) is 0 Å². The molecule has 1 heterocycles. The number of methoxy groups -OCH3 is 1. The van der Waals surface area contributed by atoms with Crippen molar-refractivity contribution in [3.05, 3.63) is 95.6 Å². The van der Waals surface area contributed by atoms with Crippen molar-refractivity contribution in [2.75, 3.05) is 7.11 Å². The van der Waals surface area contributed by atoms with Gasteiger partial charge >= 0.3 is 6.18 Å². The molecule has 1 aromatic carbocycles. The highest BCUT2D eigenvalue weighted by Gasteiger charge is 2.31. The topological polar surface area (TPSA) is 46.5 Å². The van der Waals surface area contributed by atoms with E-state index in [1.807, 2.05) is 32.1 Å². The Bertz CT molecular complexity index is 1230. The molecule has 1 N–H and O–H groups in total. The van der Waals surface area contributed by atoms with Gasteiger partial charge in [-0.1, -0.05) is 57.6 Å². The molecule has 210 valence electrons. The Morgan fingerprint density at radius 1 is 1.15 bits per heavy atom. The lowest BCUT2D eigenvalue weighted by Gasteiger charge is -2.17.